The molecule has 0 spiro atoms. The third-order valence-electron chi connectivity index (χ3n) is 1.83. The van der Waals surface area contributed by atoms with E-state index in [0.717, 1.165) is 6.07 Å². The molecule has 15 heavy (non-hydrogen) atoms. The molecule has 1 rings (SSSR count). The standard InChI is InChI=1S/C11H14FNO2/c1-7(2)5-11(15)13-8-3-4-10(14)9(12)6-8/h3-4,6-7,14H,5H2,1-2H3,(H,13,15). The maximum absolute atomic E-state index is 12.9. The van der Waals surface area contributed by atoms with E-state index in [4.69, 9.17) is 5.11 Å². The van der Waals surface area contributed by atoms with Gasteiger partial charge in [-0.25, -0.2) is 4.39 Å². The van der Waals surface area contributed by atoms with Gasteiger partial charge in [0.2, 0.25) is 5.91 Å². The van der Waals surface area contributed by atoms with E-state index in [-0.39, 0.29) is 11.8 Å². The summed E-state index contributed by atoms with van der Waals surface area (Å²) in [6.07, 6.45) is 0.391. The summed E-state index contributed by atoms with van der Waals surface area (Å²) in [7, 11) is 0. The topological polar surface area (TPSA) is 49.3 Å². The van der Waals surface area contributed by atoms with Gasteiger partial charge in [0.1, 0.15) is 0 Å². The van der Waals surface area contributed by atoms with Crippen molar-refractivity contribution in [2.75, 3.05) is 5.32 Å². The number of benzene rings is 1. The minimum atomic E-state index is -0.739. The maximum atomic E-state index is 12.9. The number of hydrogen-bond acceptors (Lipinski definition) is 2. The number of halogens is 1. The van der Waals surface area contributed by atoms with Gasteiger partial charge in [-0.2, -0.15) is 0 Å². The summed E-state index contributed by atoms with van der Waals surface area (Å²) in [5.74, 6) is -1.06. The van der Waals surface area contributed by atoms with Crippen LogP contribution in [0.1, 0.15) is 20.3 Å². The van der Waals surface area contributed by atoms with E-state index in [1.54, 1.807) is 0 Å². The third kappa shape index (κ3) is 3.58. The highest BCUT2D eigenvalue weighted by molar-refractivity contribution is 5.90. The van der Waals surface area contributed by atoms with Crippen molar-refractivity contribution in [1.29, 1.82) is 0 Å². The quantitative estimate of drug-likeness (QED) is 0.755. The first-order valence-corrected chi connectivity index (χ1v) is 4.77. The number of carbonyl (C=O) groups excluding carboxylic acids is 1. The van der Waals surface area contributed by atoms with Crippen molar-refractivity contribution in [1.82, 2.24) is 0 Å². The molecule has 3 nitrogen and oxygen atoms in total. The maximum Gasteiger partial charge on any atom is 0.224 e. The molecule has 1 aromatic rings. The summed E-state index contributed by atoms with van der Waals surface area (Å²) in [6, 6.07) is 3.75. The first kappa shape index (κ1) is 11.5. The zero-order valence-corrected chi connectivity index (χ0v) is 8.75. The van der Waals surface area contributed by atoms with Gasteiger partial charge in [-0.1, -0.05) is 13.8 Å². The van der Waals surface area contributed by atoms with Crippen LogP contribution in [0.2, 0.25) is 0 Å². The number of amides is 1. The van der Waals surface area contributed by atoms with Crippen LogP contribution in [0.4, 0.5) is 10.1 Å². The molecule has 0 fully saturated rings. The Morgan fingerprint density at radius 3 is 2.73 bits per heavy atom. The zero-order chi connectivity index (χ0) is 11.4. The van der Waals surface area contributed by atoms with Gasteiger partial charge in [0.15, 0.2) is 11.6 Å². The van der Waals surface area contributed by atoms with Crippen LogP contribution in [0.3, 0.4) is 0 Å². The minimum Gasteiger partial charge on any atom is -0.505 e. The number of hydrogen-bond donors (Lipinski definition) is 2. The van der Waals surface area contributed by atoms with Crippen LogP contribution in [0, 0.1) is 11.7 Å². The molecule has 1 aromatic carbocycles. The molecule has 0 saturated carbocycles. The Morgan fingerprint density at radius 2 is 2.20 bits per heavy atom. The van der Waals surface area contributed by atoms with Gasteiger partial charge >= 0.3 is 0 Å². The number of phenolic OH excluding ortho intramolecular Hbond substituents is 1. The van der Waals surface area contributed by atoms with Gasteiger partial charge in [0.25, 0.3) is 0 Å². The summed E-state index contributed by atoms with van der Waals surface area (Å²) in [4.78, 5) is 11.3. The molecule has 82 valence electrons. The predicted molar refractivity (Wildman–Crippen MR) is 56.1 cm³/mol. The summed E-state index contributed by atoms with van der Waals surface area (Å²) in [5.41, 5.74) is 0.357. The lowest BCUT2D eigenvalue weighted by Crippen LogP contribution is -2.13. The third-order valence-corrected chi connectivity index (χ3v) is 1.83. The fourth-order valence-corrected chi connectivity index (χ4v) is 1.17. The zero-order valence-electron chi connectivity index (χ0n) is 8.75. The average Bonchev–Trinajstić information content (AvgIpc) is 2.10. The second kappa shape index (κ2) is 4.77. The highest BCUT2D eigenvalue weighted by Gasteiger charge is 2.07. The normalized spacial score (nSPS) is 10.4. The molecular weight excluding hydrogens is 197 g/mol. The Hall–Kier alpha value is -1.58. The first-order chi connectivity index (χ1) is 6.99. The van der Waals surface area contributed by atoms with Crippen LogP contribution in [0.15, 0.2) is 18.2 Å². The summed E-state index contributed by atoms with van der Waals surface area (Å²) < 4.78 is 12.9. The molecule has 2 N–H and O–H groups in total. The van der Waals surface area contributed by atoms with Crippen LogP contribution < -0.4 is 5.32 Å². The molecule has 0 unspecified atom stereocenters. The highest BCUT2D eigenvalue weighted by Crippen LogP contribution is 2.19. The number of aromatic hydroxyl groups is 1. The number of nitrogens with one attached hydrogen (secondary N) is 1. The summed E-state index contributed by atoms with van der Waals surface area (Å²) in [5, 5.41) is 11.5. The van der Waals surface area contributed by atoms with E-state index in [9.17, 15) is 9.18 Å². The van der Waals surface area contributed by atoms with E-state index >= 15 is 0 Å². The lowest BCUT2D eigenvalue weighted by Gasteiger charge is -2.07. The molecule has 4 heteroatoms. The largest absolute Gasteiger partial charge is 0.505 e. The van der Waals surface area contributed by atoms with Gasteiger partial charge in [-0.05, 0) is 18.1 Å². The van der Waals surface area contributed by atoms with Crippen molar-refractivity contribution in [3.8, 4) is 5.75 Å². The minimum absolute atomic E-state index is 0.157. The second-order valence-electron chi connectivity index (χ2n) is 3.81. The van der Waals surface area contributed by atoms with Crippen molar-refractivity contribution in [2.45, 2.75) is 20.3 Å². The summed E-state index contributed by atoms with van der Waals surface area (Å²) >= 11 is 0. The van der Waals surface area contributed by atoms with Crippen molar-refractivity contribution < 1.29 is 14.3 Å². The van der Waals surface area contributed by atoms with E-state index < -0.39 is 11.6 Å². The van der Waals surface area contributed by atoms with Crippen molar-refractivity contribution in [3.05, 3.63) is 24.0 Å². The van der Waals surface area contributed by atoms with E-state index in [1.807, 2.05) is 13.8 Å². The monoisotopic (exact) mass is 211 g/mol. The van der Waals surface area contributed by atoms with Gasteiger partial charge < -0.3 is 10.4 Å². The lowest BCUT2D eigenvalue weighted by molar-refractivity contribution is -0.116. The van der Waals surface area contributed by atoms with Crippen LogP contribution in [0.25, 0.3) is 0 Å². The van der Waals surface area contributed by atoms with Crippen LogP contribution >= 0.6 is 0 Å². The molecule has 0 aromatic heterocycles. The van der Waals surface area contributed by atoms with Gasteiger partial charge in [-0.15, -0.1) is 0 Å². The summed E-state index contributed by atoms with van der Waals surface area (Å²) in [6.45, 7) is 3.86. The number of anilines is 1. The Kier molecular flexibility index (Phi) is 3.66. The second-order valence-corrected chi connectivity index (χ2v) is 3.81. The number of phenols is 1. The first-order valence-electron chi connectivity index (χ1n) is 4.77. The predicted octanol–water partition coefficient (Wildman–Crippen LogP) is 2.52. The van der Waals surface area contributed by atoms with Gasteiger partial charge in [0, 0.05) is 18.2 Å². The molecule has 0 heterocycles. The van der Waals surface area contributed by atoms with Crippen molar-refractivity contribution in [3.63, 3.8) is 0 Å². The molecular formula is C11H14FNO2. The smallest absolute Gasteiger partial charge is 0.224 e. The molecule has 0 radical (unpaired) electrons. The molecule has 0 bridgehead atoms. The molecule has 0 atom stereocenters. The Bertz CT molecular complexity index is 364. The number of rotatable bonds is 3. The van der Waals surface area contributed by atoms with Crippen molar-refractivity contribution in [2.24, 2.45) is 5.92 Å². The van der Waals surface area contributed by atoms with Crippen LogP contribution in [-0.2, 0) is 4.79 Å². The average molecular weight is 211 g/mol. The fourth-order valence-electron chi connectivity index (χ4n) is 1.17. The van der Waals surface area contributed by atoms with Crippen LogP contribution in [0.5, 0.6) is 5.75 Å². The van der Waals surface area contributed by atoms with Gasteiger partial charge in [0.05, 0.1) is 0 Å². The van der Waals surface area contributed by atoms with Crippen molar-refractivity contribution >= 4 is 11.6 Å². The molecule has 1 amide bonds. The number of carbonyl (C=O) groups is 1. The Labute approximate surface area is 87.9 Å². The Morgan fingerprint density at radius 1 is 1.53 bits per heavy atom. The highest BCUT2D eigenvalue weighted by atomic mass is 19.1. The fraction of sp³-hybridized carbons (Fsp3) is 0.364. The Balaban J connectivity index is 2.65. The lowest BCUT2D eigenvalue weighted by atomic mass is 10.1. The molecule has 0 aliphatic carbocycles. The molecule has 0 aliphatic heterocycles. The van der Waals surface area contributed by atoms with Gasteiger partial charge in [-0.3, -0.25) is 4.79 Å². The molecule has 0 saturated heterocycles. The SMILES string of the molecule is CC(C)CC(=O)Nc1ccc(O)c(F)c1. The van der Waals surface area contributed by atoms with Crippen LogP contribution in [-0.4, -0.2) is 11.0 Å². The van der Waals surface area contributed by atoms with E-state index in [1.165, 1.54) is 12.1 Å². The van der Waals surface area contributed by atoms with E-state index in [2.05, 4.69) is 5.32 Å². The van der Waals surface area contributed by atoms with E-state index in [0.29, 0.717) is 12.1 Å². The molecule has 0 aliphatic rings.